The standard InChI is InChI=1S/C19H12Cl4N2O4S/c20-10-1-5-16(29-17-6-2-11(21)8-18(17)30(27)28)15(7-10)25-19(26)24-12-3-4-13(22)14(23)9-12/h1-9H,(H,27,28)(H2,24,25,26). The summed E-state index contributed by atoms with van der Waals surface area (Å²) in [5.74, 6) is 0.285. The second-order valence-corrected chi connectivity index (χ2v) is 8.42. The van der Waals surface area contributed by atoms with E-state index in [-0.39, 0.29) is 32.1 Å². The Labute approximate surface area is 194 Å². The number of rotatable bonds is 5. The number of nitrogens with one attached hydrogen (secondary N) is 2. The third-order valence-corrected chi connectivity index (χ3v) is 5.59. The fraction of sp³-hybridized carbons (Fsp3) is 0. The molecule has 0 aliphatic carbocycles. The van der Waals surface area contributed by atoms with Crippen molar-refractivity contribution < 1.29 is 18.3 Å². The van der Waals surface area contributed by atoms with Gasteiger partial charge in [-0.1, -0.05) is 46.4 Å². The lowest BCUT2D eigenvalue weighted by molar-refractivity contribution is 0.262. The molecule has 0 aliphatic rings. The molecule has 3 rings (SSSR count). The van der Waals surface area contributed by atoms with E-state index in [0.717, 1.165) is 0 Å². The van der Waals surface area contributed by atoms with Crippen molar-refractivity contribution in [3.8, 4) is 11.5 Å². The summed E-state index contributed by atoms with van der Waals surface area (Å²) < 4.78 is 26.8. The van der Waals surface area contributed by atoms with Crippen molar-refractivity contribution in [3.63, 3.8) is 0 Å². The molecule has 0 spiro atoms. The molecule has 0 aliphatic heterocycles. The minimum absolute atomic E-state index is 0.0244. The molecular weight excluding hydrogens is 494 g/mol. The van der Waals surface area contributed by atoms with Crippen molar-refractivity contribution in [2.45, 2.75) is 4.90 Å². The van der Waals surface area contributed by atoms with Crippen molar-refractivity contribution in [1.29, 1.82) is 0 Å². The van der Waals surface area contributed by atoms with Crippen molar-refractivity contribution >= 4 is 74.9 Å². The molecule has 1 atom stereocenters. The van der Waals surface area contributed by atoms with E-state index in [9.17, 15) is 13.6 Å². The van der Waals surface area contributed by atoms with Crippen LogP contribution in [0.25, 0.3) is 0 Å². The van der Waals surface area contributed by atoms with Crippen LogP contribution < -0.4 is 15.4 Å². The number of carbonyl (C=O) groups is 1. The van der Waals surface area contributed by atoms with Gasteiger partial charge >= 0.3 is 6.03 Å². The van der Waals surface area contributed by atoms with Gasteiger partial charge in [0, 0.05) is 15.7 Å². The molecule has 0 heterocycles. The molecule has 0 saturated heterocycles. The summed E-state index contributed by atoms with van der Waals surface area (Å²) in [4.78, 5) is 12.4. The zero-order valence-electron chi connectivity index (χ0n) is 14.8. The van der Waals surface area contributed by atoms with Gasteiger partial charge in [-0.25, -0.2) is 9.00 Å². The molecule has 6 nitrogen and oxygen atoms in total. The van der Waals surface area contributed by atoms with Crippen molar-refractivity contribution in [3.05, 3.63) is 74.7 Å². The molecule has 3 aromatic rings. The number of ether oxygens (including phenoxy) is 1. The Balaban J connectivity index is 1.84. The normalized spacial score (nSPS) is 11.6. The zero-order chi connectivity index (χ0) is 21.8. The van der Waals surface area contributed by atoms with E-state index in [1.165, 1.54) is 36.4 Å². The highest BCUT2D eigenvalue weighted by atomic mass is 35.5. The first-order valence-corrected chi connectivity index (χ1v) is 10.8. The summed E-state index contributed by atoms with van der Waals surface area (Å²) in [5.41, 5.74) is 0.645. The minimum Gasteiger partial charge on any atom is -0.454 e. The van der Waals surface area contributed by atoms with Crippen LogP contribution in [0.3, 0.4) is 0 Å². The molecule has 1 unspecified atom stereocenters. The summed E-state index contributed by atoms with van der Waals surface area (Å²) in [6.45, 7) is 0. The number of hydrogen-bond acceptors (Lipinski definition) is 3. The second-order valence-electron chi connectivity index (χ2n) is 5.79. The van der Waals surface area contributed by atoms with Crippen molar-refractivity contribution in [2.75, 3.05) is 10.6 Å². The molecule has 3 N–H and O–H groups in total. The number of benzene rings is 3. The summed E-state index contributed by atoms with van der Waals surface area (Å²) in [5, 5.41) is 6.48. The zero-order valence-corrected chi connectivity index (χ0v) is 18.6. The van der Waals surface area contributed by atoms with Crippen LogP contribution >= 0.6 is 46.4 Å². The Bertz CT molecular complexity index is 1140. The van der Waals surface area contributed by atoms with Gasteiger partial charge in [-0.05, 0) is 54.6 Å². The fourth-order valence-electron chi connectivity index (χ4n) is 2.37. The lowest BCUT2D eigenvalue weighted by atomic mass is 10.2. The van der Waals surface area contributed by atoms with Gasteiger partial charge in [0.2, 0.25) is 0 Å². The van der Waals surface area contributed by atoms with E-state index in [0.29, 0.717) is 15.7 Å². The third kappa shape index (κ3) is 5.78. The molecule has 30 heavy (non-hydrogen) atoms. The Kier molecular flexibility index (Phi) is 7.46. The highest BCUT2D eigenvalue weighted by Gasteiger charge is 2.15. The van der Waals surface area contributed by atoms with Gasteiger partial charge in [-0.3, -0.25) is 0 Å². The van der Waals surface area contributed by atoms with E-state index in [1.807, 2.05) is 0 Å². The number of anilines is 2. The molecule has 3 aromatic carbocycles. The van der Waals surface area contributed by atoms with Gasteiger partial charge in [0.15, 0.2) is 16.8 Å². The van der Waals surface area contributed by atoms with E-state index in [1.54, 1.807) is 18.2 Å². The Morgan fingerprint density at radius 3 is 2.17 bits per heavy atom. The molecule has 0 aromatic heterocycles. The van der Waals surface area contributed by atoms with Crippen LogP contribution in [0.1, 0.15) is 0 Å². The fourth-order valence-corrected chi connectivity index (χ4v) is 3.59. The molecule has 156 valence electrons. The van der Waals surface area contributed by atoms with Gasteiger partial charge in [-0.15, -0.1) is 0 Å². The third-order valence-electron chi connectivity index (χ3n) is 3.68. The van der Waals surface area contributed by atoms with E-state index >= 15 is 0 Å². The van der Waals surface area contributed by atoms with Crippen LogP contribution in [0.5, 0.6) is 11.5 Å². The van der Waals surface area contributed by atoms with Crippen LogP contribution in [0, 0.1) is 0 Å². The smallest absolute Gasteiger partial charge is 0.323 e. The molecule has 11 heteroatoms. The number of hydrogen-bond donors (Lipinski definition) is 3. The highest BCUT2D eigenvalue weighted by molar-refractivity contribution is 7.79. The van der Waals surface area contributed by atoms with Gasteiger partial charge in [0.25, 0.3) is 0 Å². The van der Waals surface area contributed by atoms with Gasteiger partial charge in [-0.2, -0.15) is 0 Å². The first kappa shape index (κ1) is 22.7. The number of carbonyl (C=O) groups excluding carboxylic acids is 1. The maximum Gasteiger partial charge on any atom is 0.323 e. The predicted molar refractivity (Wildman–Crippen MR) is 121 cm³/mol. The summed E-state index contributed by atoms with van der Waals surface area (Å²) in [6.07, 6.45) is 0. The minimum atomic E-state index is -2.34. The first-order valence-electron chi connectivity index (χ1n) is 8.14. The molecule has 2 amide bonds. The SMILES string of the molecule is O=C(Nc1ccc(Cl)c(Cl)c1)Nc1cc(Cl)ccc1Oc1ccc(Cl)cc1S(=O)O. The van der Waals surface area contributed by atoms with Crippen LogP contribution in [-0.2, 0) is 11.1 Å². The summed E-state index contributed by atoms with van der Waals surface area (Å²) >= 11 is 21.4. The number of amides is 2. The van der Waals surface area contributed by atoms with Crippen LogP contribution in [0.4, 0.5) is 16.2 Å². The van der Waals surface area contributed by atoms with Gasteiger partial charge in [0.05, 0.1) is 15.7 Å². The van der Waals surface area contributed by atoms with Gasteiger partial charge < -0.3 is 19.9 Å². The van der Waals surface area contributed by atoms with E-state index < -0.39 is 17.1 Å². The van der Waals surface area contributed by atoms with Crippen molar-refractivity contribution in [1.82, 2.24) is 0 Å². The van der Waals surface area contributed by atoms with Crippen LogP contribution in [-0.4, -0.2) is 14.8 Å². The molecular formula is C19H12Cl4N2O4S. The van der Waals surface area contributed by atoms with Crippen LogP contribution in [0.15, 0.2) is 59.5 Å². The second kappa shape index (κ2) is 9.87. The van der Waals surface area contributed by atoms with Gasteiger partial charge in [0.1, 0.15) is 10.6 Å². The topological polar surface area (TPSA) is 87.7 Å². The summed E-state index contributed by atoms with van der Waals surface area (Å²) in [6, 6.07) is 12.8. The maximum atomic E-state index is 12.4. The number of urea groups is 1. The quantitative estimate of drug-likeness (QED) is 0.317. The molecule has 0 saturated carbocycles. The largest absolute Gasteiger partial charge is 0.454 e. The molecule has 0 bridgehead atoms. The monoisotopic (exact) mass is 504 g/mol. The lowest BCUT2D eigenvalue weighted by Crippen LogP contribution is -2.19. The Morgan fingerprint density at radius 2 is 1.50 bits per heavy atom. The average molecular weight is 506 g/mol. The Hall–Kier alpha value is -2.00. The predicted octanol–water partition coefficient (Wildman–Crippen LogP) is 7.32. The summed E-state index contributed by atoms with van der Waals surface area (Å²) in [7, 11) is 0. The lowest BCUT2D eigenvalue weighted by Gasteiger charge is -2.15. The number of halogens is 4. The van der Waals surface area contributed by atoms with Crippen molar-refractivity contribution in [2.24, 2.45) is 0 Å². The molecule has 0 radical (unpaired) electrons. The van der Waals surface area contributed by atoms with Crippen LogP contribution in [0.2, 0.25) is 20.1 Å². The molecule has 0 fully saturated rings. The van der Waals surface area contributed by atoms with E-state index in [4.69, 9.17) is 51.1 Å². The highest BCUT2D eigenvalue weighted by Crippen LogP contribution is 2.35. The maximum absolute atomic E-state index is 12.4. The Morgan fingerprint density at radius 1 is 0.833 bits per heavy atom. The average Bonchev–Trinajstić information content (AvgIpc) is 2.68. The first-order chi connectivity index (χ1) is 14.2. The van der Waals surface area contributed by atoms with E-state index in [2.05, 4.69) is 10.6 Å².